The van der Waals surface area contributed by atoms with Gasteiger partial charge in [-0.1, -0.05) is 6.08 Å². The summed E-state index contributed by atoms with van der Waals surface area (Å²) in [6.45, 7) is 7.69. The molecule has 19 heavy (non-hydrogen) atoms. The average molecular weight is 268 g/mol. The van der Waals surface area contributed by atoms with E-state index in [1.54, 1.807) is 0 Å². The van der Waals surface area contributed by atoms with Crippen molar-refractivity contribution in [2.75, 3.05) is 33.3 Å². The van der Waals surface area contributed by atoms with E-state index in [0.29, 0.717) is 6.10 Å². The molecule has 1 fully saturated rings. The lowest BCUT2D eigenvalue weighted by molar-refractivity contribution is 0.0169. The molecule has 112 valence electrons. The molecule has 1 rings (SSSR count). The SMILES string of the molecule is C=CCN(C)CCCCCO[C@H]1CC[C@H](CN)CC1. The first-order valence-corrected chi connectivity index (χ1v) is 7.87. The van der Waals surface area contributed by atoms with Gasteiger partial charge in [-0.2, -0.15) is 0 Å². The van der Waals surface area contributed by atoms with E-state index in [9.17, 15) is 0 Å². The van der Waals surface area contributed by atoms with Crippen LogP contribution in [0.1, 0.15) is 44.9 Å². The molecule has 0 aromatic rings. The molecule has 0 unspecified atom stereocenters. The summed E-state index contributed by atoms with van der Waals surface area (Å²) in [4.78, 5) is 2.31. The smallest absolute Gasteiger partial charge is 0.0575 e. The molecule has 1 aliphatic rings. The maximum Gasteiger partial charge on any atom is 0.0575 e. The molecule has 0 atom stereocenters. The summed E-state index contributed by atoms with van der Waals surface area (Å²) in [7, 11) is 2.15. The standard InChI is InChI=1S/C16H32N2O/c1-3-11-18(2)12-5-4-6-13-19-16-9-7-15(14-17)8-10-16/h3,15-16H,1,4-14,17H2,2H3/t15-,16-. The molecule has 1 saturated carbocycles. The van der Waals surface area contributed by atoms with Gasteiger partial charge in [-0.3, -0.25) is 0 Å². The van der Waals surface area contributed by atoms with Crippen LogP contribution < -0.4 is 5.73 Å². The average Bonchev–Trinajstić information content (AvgIpc) is 2.43. The van der Waals surface area contributed by atoms with Crippen molar-refractivity contribution in [2.45, 2.75) is 51.0 Å². The molecule has 1 aliphatic carbocycles. The quantitative estimate of drug-likeness (QED) is 0.489. The summed E-state index contributed by atoms with van der Waals surface area (Å²) in [6, 6.07) is 0. The lowest BCUT2D eigenvalue weighted by atomic mass is 9.87. The fourth-order valence-electron chi connectivity index (χ4n) is 2.76. The number of ether oxygens (including phenoxy) is 1. The topological polar surface area (TPSA) is 38.5 Å². The molecule has 0 saturated heterocycles. The Morgan fingerprint density at radius 2 is 1.95 bits per heavy atom. The summed E-state index contributed by atoms with van der Waals surface area (Å²) < 4.78 is 5.96. The summed E-state index contributed by atoms with van der Waals surface area (Å²) >= 11 is 0. The van der Waals surface area contributed by atoms with Gasteiger partial charge in [-0.15, -0.1) is 6.58 Å². The van der Waals surface area contributed by atoms with Crippen LogP contribution in [0, 0.1) is 5.92 Å². The Morgan fingerprint density at radius 1 is 1.21 bits per heavy atom. The lowest BCUT2D eigenvalue weighted by Crippen LogP contribution is -2.26. The van der Waals surface area contributed by atoms with Gasteiger partial charge in [-0.05, 0) is 71.0 Å². The Kier molecular flexibility index (Phi) is 9.14. The second-order valence-corrected chi connectivity index (χ2v) is 5.86. The van der Waals surface area contributed by atoms with Crippen molar-refractivity contribution in [3.8, 4) is 0 Å². The highest BCUT2D eigenvalue weighted by Gasteiger charge is 2.20. The van der Waals surface area contributed by atoms with Crippen LogP contribution in [0.2, 0.25) is 0 Å². The van der Waals surface area contributed by atoms with Crippen LogP contribution in [0.25, 0.3) is 0 Å². The van der Waals surface area contributed by atoms with Crippen LogP contribution in [0.4, 0.5) is 0 Å². The minimum atomic E-state index is 0.506. The zero-order valence-corrected chi connectivity index (χ0v) is 12.7. The molecular formula is C16H32N2O. The monoisotopic (exact) mass is 268 g/mol. The van der Waals surface area contributed by atoms with Gasteiger partial charge in [0.1, 0.15) is 0 Å². The maximum atomic E-state index is 5.96. The van der Waals surface area contributed by atoms with Crippen molar-refractivity contribution in [3.05, 3.63) is 12.7 Å². The van der Waals surface area contributed by atoms with Crippen molar-refractivity contribution in [2.24, 2.45) is 11.7 Å². The van der Waals surface area contributed by atoms with Gasteiger partial charge < -0.3 is 15.4 Å². The minimum absolute atomic E-state index is 0.506. The number of hydrogen-bond acceptors (Lipinski definition) is 3. The zero-order chi connectivity index (χ0) is 13.9. The Balaban J connectivity index is 1.90. The number of hydrogen-bond donors (Lipinski definition) is 1. The molecule has 0 radical (unpaired) electrons. The van der Waals surface area contributed by atoms with E-state index in [2.05, 4.69) is 18.5 Å². The van der Waals surface area contributed by atoms with Gasteiger partial charge in [0.15, 0.2) is 0 Å². The van der Waals surface area contributed by atoms with E-state index in [1.165, 1.54) is 44.9 Å². The van der Waals surface area contributed by atoms with Gasteiger partial charge in [-0.25, -0.2) is 0 Å². The number of unbranched alkanes of at least 4 members (excludes halogenated alkanes) is 2. The highest BCUT2D eigenvalue weighted by Crippen LogP contribution is 2.25. The lowest BCUT2D eigenvalue weighted by Gasteiger charge is -2.27. The zero-order valence-electron chi connectivity index (χ0n) is 12.7. The molecule has 0 aliphatic heterocycles. The third kappa shape index (κ3) is 7.71. The molecule has 0 spiro atoms. The predicted octanol–water partition coefficient (Wildman–Crippen LogP) is 2.81. The predicted molar refractivity (Wildman–Crippen MR) is 82.3 cm³/mol. The third-order valence-corrected chi connectivity index (χ3v) is 4.11. The molecule has 2 N–H and O–H groups in total. The van der Waals surface area contributed by atoms with E-state index >= 15 is 0 Å². The third-order valence-electron chi connectivity index (χ3n) is 4.11. The second kappa shape index (κ2) is 10.4. The first-order chi connectivity index (χ1) is 9.26. The number of nitrogens with zero attached hydrogens (tertiary/aromatic N) is 1. The number of rotatable bonds is 10. The molecule has 3 nitrogen and oxygen atoms in total. The van der Waals surface area contributed by atoms with E-state index in [1.807, 2.05) is 6.08 Å². The van der Waals surface area contributed by atoms with Crippen molar-refractivity contribution >= 4 is 0 Å². The van der Waals surface area contributed by atoms with E-state index in [0.717, 1.165) is 32.2 Å². The summed E-state index contributed by atoms with van der Waals surface area (Å²) in [5.41, 5.74) is 5.70. The molecule has 0 amide bonds. The Labute approximate surface area is 119 Å². The minimum Gasteiger partial charge on any atom is -0.378 e. The van der Waals surface area contributed by atoms with Crippen molar-refractivity contribution < 1.29 is 4.74 Å². The Hall–Kier alpha value is -0.380. The second-order valence-electron chi connectivity index (χ2n) is 5.86. The van der Waals surface area contributed by atoms with Crippen molar-refractivity contribution in [1.82, 2.24) is 4.90 Å². The maximum absolute atomic E-state index is 5.96. The van der Waals surface area contributed by atoms with Crippen molar-refractivity contribution in [1.29, 1.82) is 0 Å². The fraction of sp³-hybridized carbons (Fsp3) is 0.875. The van der Waals surface area contributed by atoms with Crippen LogP contribution >= 0.6 is 0 Å². The van der Waals surface area contributed by atoms with Gasteiger partial charge in [0, 0.05) is 13.2 Å². The molecule has 0 heterocycles. The number of nitrogens with two attached hydrogens (primary N) is 1. The van der Waals surface area contributed by atoms with Crippen LogP contribution in [0.15, 0.2) is 12.7 Å². The largest absolute Gasteiger partial charge is 0.378 e. The highest BCUT2D eigenvalue weighted by atomic mass is 16.5. The summed E-state index contributed by atoms with van der Waals surface area (Å²) in [5.74, 6) is 0.750. The van der Waals surface area contributed by atoms with Crippen LogP contribution in [0.3, 0.4) is 0 Å². The van der Waals surface area contributed by atoms with E-state index in [-0.39, 0.29) is 0 Å². The molecule has 0 aromatic carbocycles. The summed E-state index contributed by atoms with van der Waals surface area (Å²) in [6.07, 6.45) is 11.1. The molecular weight excluding hydrogens is 236 g/mol. The number of likely N-dealkylation sites (N-methyl/N-ethyl adjacent to an activating group) is 1. The van der Waals surface area contributed by atoms with E-state index in [4.69, 9.17) is 10.5 Å². The molecule has 0 bridgehead atoms. The Morgan fingerprint density at radius 3 is 2.58 bits per heavy atom. The van der Waals surface area contributed by atoms with E-state index < -0.39 is 0 Å². The van der Waals surface area contributed by atoms with Gasteiger partial charge in [0.25, 0.3) is 0 Å². The first-order valence-electron chi connectivity index (χ1n) is 7.87. The van der Waals surface area contributed by atoms with Crippen molar-refractivity contribution in [3.63, 3.8) is 0 Å². The van der Waals surface area contributed by atoms with Gasteiger partial charge in [0.05, 0.1) is 6.10 Å². The van der Waals surface area contributed by atoms with Gasteiger partial charge in [0.2, 0.25) is 0 Å². The Bertz CT molecular complexity index is 225. The van der Waals surface area contributed by atoms with Crippen LogP contribution in [0.5, 0.6) is 0 Å². The summed E-state index contributed by atoms with van der Waals surface area (Å²) in [5, 5.41) is 0. The van der Waals surface area contributed by atoms with Gasteiger partial charge >= 0.3 is 0 Å². The van der Waals surface area contributed by atoms with Crippen LogP contribution in [-0.2, 0) is 4.74 Å². The normalized spacial score (nSPS) is 23.7. The molecule has 3 heteroatoms. The van der Waals surface area contributed by atoms with Crippen LogP contribution in [-0.4, -0.2) is 44.3 Å². The fourth-order valence-corrected chi connectivity index (χ4v) is 2.76. The molecule has 0 aromatic heterocycles. The first kappa shape index (κ1) is 16.7. The highest BCUT2D eigenvalue weighted by molar-refractivity contribution is 4.73.